The monoisotopic (exact) mass is 198 g/mol. The lowest BCUT2D eigenvalue weighted by Gasteiger charge is -2.01. The van der Waals surface area contributed by atoms with Crippen molar-refractivity contribution in [3.05, 3.63) is 35.4 Å². The summed E-state index contributed by atoms with van der Waals surface area (Å²) in [5, 5.41) is 8.77. The number of nitrogens with zero attached hydrogens (tertiary/aromatic N) is 2. The molecule has 0 aliphatic carbocycles. The minimum atomic E-state index is 0.751. The van der Waals surface area contributed by atoms with Gasteiger partial charge in [-0.2, -0.15) is 5.26 Å². The van der Waals surface area contributed by atoms with Crippen LogP contribution in [0.25, 0.3) is 0 Å². The molecule has 0 spiro atoms. The van der Waals surface area contributed by atoms with Gasteiger partial charge in [0.05, 0.1) is 11.6 Å². The molecule has 0 radical (unpaired) electrons. The molecule has 1 heterocycles. The largest absolute Gasteiger partial charge is 0.294 e. The van der Waals surface area contributed by atoms with Gasteiger partial charge in [-0.05, 0) is 43.4 Å². The molecule has 1 aliphatic rings. The zero-order chi connectivity index (χ0) is 10.5. The van der Waals surface area contributed by atoms with Crippen LogP contribution in [0, 0.1) is 11.3 Å². The van der Waals surface area contributed by atoms with Gasteiger partial charge in [-0.15, -0.1) is 0 Å². The second kappa shape index (κ2) is 4.75. The highest BCUT2D eigenvalue weighted by Crippen LogP contribution is 2.12. The molecule has 0 bridgehead atoms. The molecule has 0 N–H and O–H groups in total. The Bertz CT molecular complexity index is 413. The number of aliphatic imine (C=N–C) groups is 1. The van der Waals surface area contributed by atoms with Crippen LogP contribution in [0.2, 0.25) is 0 Å². The van der Waals surface area contributed by atoms with Gasteiger partial charge in [-0.1, -0.05) is 12.1 Å². The van der Waals surface area contributed by atoms with Gasteiger partial charge in [-0.25, -0.2) is 0 Å². The molecule has 0 saturated heterocycles. The zero-order valence-electron chi connectivity index (χ0n) is 8.74. The molecule has 2 rings (SSSR count). The predicted octanol–water partition coefficient (Wildman–Crippen LogP) is 2.73. The highest BCUT2D eigenvalue weighted by molar-refractivity contribution is 5.85. The van der Waals surface area contributed by atoms with Gasteiger partial charge in [0.25, 0.3) is 0 Å². The first-order valence-corrected chi connectivity index (χ1v) is 5.40. The zero-order valence-corrected chi connectivity index (χ0v) is 8.74. The molecule has 0 aromatic heterocycles. The SMILES string of the molecule is N#Cc1cccc(CCC2=NCCC2)c1. The van der Waals surface area contributed by atoms with E-state index in [0.29, 0.717) is 0 Å². The second-order valence-electron chi connectivity index (χ2n) is 3.86. The molecule has 1 aliphatic heterocycles. The normalized spacial score (nSPS) is 14.7. The molecule has 76 valence electrons. The first kappa shape index (κ1) is 9.92. The molecule has 0 amide bonds. The Balaban J connectivity index is 1.96. The maximum absolute atomic E-state index is 8.77. The Morgan fingerprint density at radius 1 is 1.33 bits per heavy atom. The Labute approximate surface area is 90.3 Å². The lowest BCUT2D eigenvalue weighted by molar-refractivity contribution is 0.942. The molecule has 0 unspecified atom stereocenters. The number of nitriles is 1. The van der Waals surface area contributed by atoms with E-state index < -0.39 is 0 Å². The van der Waals surface area contributed by atoms with Gasteiger partial charge in [0.2, 0.25) is 0 Å². The van der Waals surface area contributed by atoms with E-state index in [-0.39, 0.29) is 0 Å². The van der Waals surface area contributed by atoms with Crippen LogP contribution in [0.15, 0.2) is 29.3 Å². The molecule has 0 atom stereocenters. The number of aryl methyl sites for hydroxylation is 1. The summed E-state index contributed by atoms with van der Waals surface area (Å²) in [5.74, 6) is 0. The third-order valence-corrected chi connectivity index (χ3v) is 2.72. The van der Waals surface area contributed by atoms with Crippen LogP contribution in [0.4, 0.5) is 0 Å². The lowest BCUT2D eigenvalue weighted by atomic mass is 10.0. The van der Waals surface area contributed by atoms with Crippen LogP contribution in [-0.2, 0) is 6.42 Å². The molecule has 0 fully saturated rings. The first-order chi connectivity index (χ1) is 7.38. The fourth-order valence-corrected chi connectivity index (χ4v) is 1.89. The molecular weight excluding hydrogens is 184 g/mol. The molecule has 1 aromatic rings. The second-order valence-corrected chi connectivity index (χ2v) is 3.86. The van der Waals surface area contributed by atoms with Gasteiger partial charge in [0, 0.05) is 12.3 Å². The third-order valence-electron chi connectivity index (χ3n) is 2.72. The lowest BCUT2D eigenvalue weighted by Crippen LogP contribution is -1.96. The summed E-state index contributed by atoms with van der Waals surface area (Å²) in [6.45, 7) is 1.01. The summed E-state index contributed by atoms with van der Waals surface area (Å²) in [4.78, 5) is 4.44. The van der Waals surface area contributed by atoms with E-state index in [1.807, 2.05) is 18.2 Å². The fraction of sp³-hybridized carbons (Fsp3) is 0.385. The standard InChI is InChI=1S/C13H14N2/c14-10-12-4-1-3-11(9-12)6-7-13-5-2-8-15-13/h1,3-4,9H,2,5-8H2. The minimum absolute atomic E-state index is 0.751. The Morgan fingerprint density at radius 3 is 3.00 bits per heavy atom. The summed E-state index contributed by atoms with van der Waals surface area (Å²) in [6.07, 6.45) is 4.44. The summed E-state index contributed by atoms with van der Waals surface area (Å²) in [7, 11) is 0. The van der Waals surface area contributed by atoms with Crippen LogP contribution in [0.1, 0.15) is 30.4 Å². The maximum atomic E-state index is 8.77. The summed E-state index contributed by atoms with van der Waals surface area (Å²) in [5.41, 5.74) is 3.34. The van der Waals surface area contributed by atoms with Crippen molar-refractivity contribution in [1.82, 2.24) is 0 Å². The number of hydrogen-bond acceptors (Lipinski definition) is 2. The topological polar surface area (TPSA) is 36.1 Å². The van der Waals surface area contributed by atoms with Gasteiger partial charge >= 0.3 is 0 Å². The highest BCUT2D eigenvalue weighted by Gasteiger charge is 2.06. The van der Waals surface area contributed by atoms with Crippen LogP contribution >= 0.6 is 0 Å². The average Bonchev–Trinajstić information content (AvgIpc) is 2.79. The Morgan fingerprint density at radius 2 is 2.27 bits per heavy atom. The average molecular weight is 198 g/mol. The fourth-order valence-electron chi connectivity index (χ4n) is 1.89. The summed E-state index contributed by atoms with van der Waals surface area (Å²) < 4.78 is 0. The van der Waals surface area contributed by atoms with Crippen LogP contribution in [0.5, 0.6) is 0 Å². The minimum Gasteiger partial charge on any atom is -0.294 e. The number of rotatable bonds is 3. The van der Waals surface area contributed by atoms with E-state index in [2.05, 4.69) is 17.1 Å². The maximum Gasteiger partial charge on any atom is 0.0991 e. The van der Waals surface area contributed by atoms with Crippen LogP contribution < -0.4 is 0 Å². The summed E-state index contributed by atoms with van der Waals surface area (Å²) in [6, 6.07) is 10.0. The smallest absolute Gasteiger partial charge is 0.0991 e. The van der Waals surface area contributed by atoms with Crippen molar-refractivity contribution in [2.45, 2.75) is 25.7 Å². The van der Waals surface area contributed by atoms with Crippen molar-refractivity contribution in [2.75, 3.05) is 6.54 Å². The van der Waals surface area contributed by atoms with E-state index in [1.54, 1.807) is 0 Å². The van der Waals surface area contributed by atoms with E-state index in [4.69, 9.17) is 5.26 Å². The van der Waals surface area contributed by atoms with Crippen molar-refractivity contribution < 1.29 is 0 Å². The molecule has 2 heteroatoms. The Kier molecular flexibility index (Phi) is 3.14. The van der Waals surface area contributed by atoms with E-state index in [9.17, 15) is 0 Å². The number of benzene rings is 1. The van der Waals surface area contributed by atoms with Crippen molar-refractivity contribution in [1.29, 1.82) is 5.26 Å². The van der Waals surface area contributed by atoms with E-state index in [0.717, 1.165) is 31.4 Å². The van der Waals surface area contributed by atoms with Crippen molar-refractivity contribution in [3.8, 4) is 6.07 Å². The van der Waals surface area contributed by atoms with Gasteiger partial charge < -0.3 is 0 Å². The first-order valence-electron chi connectivity index (χ1n) is 5.40. The predicted molar refractivity (Wildman–Crippen MR) is 61.0 cm³/mol. The quantitative estimate of drug-likeness (QED) is 0.735. The van der Waals surface area contributed by atoms with Gasteiger partial charge in [-0.3, -0.25) is 4.99 Å². The van der Waals surface area contributed by atoms with E-state index in [1.165, 1.54) is 17.7 Å². The van der Waals surface area contributed by atoms with Gasteiger partial charge in [0.1, 0.15) is 0 Å². The van der Waals surface area contributed by atoms with E-state index >= 15 is 0 Å². The molecule has 2 nitrogen and oxygen atoms in total. The Hall–Kier alpha value is -1.62. The molecule has 0 saturated carbocycles. The molecule has 1 aromatic carbocycles. The molecule has 15 heavy (non-hydrogen) atoms. The third kappa shape index (κ3) is 2.66. The van der Waals surface area contributed by atoms with Crippen LogP contribution in [-0.4, -0.2) is 12.3 Å². The molecular formula is C13H14N2. The number of hydrogen-bond donors (Lipinski definition) is 0. The summed E-state index contributed by atoms with van der Waals surface area (Å²) >= 11 is 0. The van der Waals surface area contributed by atoms with Crippen molar-refractivity contribution in [3.63, 3.8) is 0 Å². The van der Waals surface area contributed by atoms with Crippen molar-refractivity contribution in [2.24, 2.45) is 4.99 Å². The van der Waals surface area contributed by atoms with Crippen LogP contribution in [0.3, 0.4) is 0 Å². The van der Waals surface area contributed by atoms with Gasteiger partial charge in [0.15, 0.2) is 0 Å². The highest BCUT2D eigenvalue weighted by atomic mass is 14.8. The van der Waals surface area contributed by atoms with Crippen molar-refractivity contribution >= 4 is 5.71 Å².